The Morgan fingerprint density at radius 1 is 0.294 bits per heavy atom. The third-order valence-corrected chi connectivity index (χ3v) is 2.67. The summed E-state index contributed by atoms with van der Waals surface area (Å²) in [5, 5.41) is 0. The molecule has 0 nitrogen and oxygen atoms in total. The fourth-order valence-corrected chi connectivity index (χ4v) is 1.71. The standard InChI is InChI=1S/2C8H12.Ir/c2*1-2-4-6-8-7-5-3-1;/h2*1-2,7-8H,3-6H2;/q;;+3/b2*2-1-,8-7-;. The van der Waals surface area contributed by atoms with Crippen LogP contribution in [0.5, 0.6) is 0 Å². The Labute approximate surface area is 120 Å². The fourth-order valence-electron chi connectivity index (χ4n) is 1.71. The van der Waals surface area contributed by atoms with Crippen LogP contribution in [-0.2, 0) is 20.1 Å². The first-order valence-electron chi connectivity index (χ1n) is 6.60. The van der Waals surface area contributed by atoms with Gasteiger partial charge in [-0.05, 0) is 51.4 Å². The van der Waals surface area contributed by atoms with Gasteiger partial charge in [-0.1, -0.05) is 48.6 Å². The van der Waals surface area contributed by atoms with E-state index in [0.717, 1.165) is 0 Å². The van der Waals surface area contributed by atoms with Gasteiger partial charge >= 0.3 is 20.1 Å². The SMILES string of the molecule is C1=C\CC/C=C\CC/1.C1=C\CC/C=C\CC/1.[Ir+3]. The molecule has 0 aromatic heterocycles. The zero-order valence-corrected chi connectivity index (χ0v) is 13.0. The average Bonchev–Trinajstić information content (AvgIpc) is 2.15. The fraction of sp³-hybridized carbons (Fsp3) is 0.500. The van der Waals surface area contributed by atoms with Crippen molar-refractivity contribution in [2.45, 2.75) is 51.4 Å². The Hall–Kier alpha value is -0.391. The molecule has 0 unspecified atom stereocenters. The molecule has 0 heterocycles. The molecule has 0 aromatic carbocycles. The van der Waals surface area contributed by atoms with Crippen LogP contribution in [0.15, 0.2) is 48.6 Å². The minimum absolute atomic E-state index is 0. The molecular weight excluding hydrogens is 384 g/mol. The molecule has 0 fully saturated rings. The molecule has 0 radical (unpaired) electrons. The third-order valence-electron chi connectivity index (χ3n) is 2.67. The first-order valence-corrected chi connectivity index (χ1v) is 6.60. The second kappa shape index (κ2) is 13.7. The van der Waals surface area contributed by atoms with E-state index in [2.05, 4.69) is 48.6 Å². The summed E-state index contributed by atoms with van der Waals surface area (Å²) in [6.45, 7) is 0. The maximum atomic E-state index is 2.27. The van der Waals surface area contributed by atoms with E-state index in [4.69, 9.17) is 0 Å². The van der Waals surface area contributed by atoms with Gasteiger partial charge in [0.2, 0.25) is 0 Å². The van der Waals surface area contributed by atoms with Crippen molar-refractivity contribution in [3.05, 3.63) is 48.6 Å². The molecule has 0 amide bonds. The maximum Gasteiger partial charge on any atom is 3.00 e. The van der Waals surface area contributed by atoms with E-state index in [9.17, 15) is 0 Å². The van der Waals surface area contributed by atoms with Crippen molar-refractivity contribution >= 4 is 0 Å². The Balaban J connectivity index is 0.000000284. The van der Waals surface area contributed by atoms with Crippen LogP contribution >= 0.6 is 0 Å². The van der Waals surface area contributed by atoms with Gasteiger partial charge in [-0.15, -0.1) is 0 Å². The Morgan fingerprint density at radius 3 is 0.529 bits per heavy atom. The third kappa shape index (κ3) is 11.9. The van der Waals surface area contributed by atoms with E-state index in [1.807, 2.05) is 0 Å². The Morgan fingerprint density at radius 2 is 0.412 bits per heavy atom. The summed E-state index contributed by atoms with van der Waals surface area (Å²) in [7, 11) is 0. The minimum Gasteiger partial charge on any atom is -0.0882 e. The normalized spacial score (nSPS) is 26.4. The Bertz CT molecular complexity index is 179. The van der Waals surface area contributed by atoms with E-state index >= 15 is 0 Å². The second-order valence-corrected chi connectivity index (χ2v) is 4.20. The predicted octanol–water partition coefficient (Wildman–Crippen LogP) is 5.34. The molecule has 94 valence electrons. The molecule has 17 heavy (non-hydrogen) atoms. The van der Waals surface area contributed by atoms with Crippen molar-refractivity contribution in [2.24, 2.45) is 0 Å². The molecule has 0 atom stereocenters. The smallest absolute Gasteiger partial charge is 0.0882 e. The first kappa shape index (κ1) is 16.6. The zero-order valence-electron chi connectivity index (χ0n) is 10.6. The average molecular weight is 409 g/mol. The summed E-state index contributed by atoms with van der Waals surface area (Å²) in [4.78, 5) is 0. The quantitative estimate of drug-likeness (QED) is 0.475. The molecule has 2 aliphatic carbocycles. The van der Waals surface area contributed by atoms with E-state index in [-0.39, 0.29) is 20.1 Å². The van der Waals surface area contributed by atoms with Crippen LogP contribution in [0, 0.1) is 0 Å². The number of hydrogen-bond donors (Lipinski definition) is 0. The number of hydrogen-bond acceptors (Lipinski definition) is 0. The van der Waals surface area contributed by atoms with Crippen LogP contribution < -0.4 is 0 Å². The second-order valence-electron chi connectivity index (χ2n) is 4.20. The van der Waals surface area contributed by atoms with Gasteiger partial charge in [0.25, 0.3) is 0 Å². The molecule has 0 saturated carbocycles. The molecule has 0 saturated heterocycles. The van der Waals surface area contributed by atoms with Gasteiger partial charge in [-0.2, -0.15) is 0 Å². The molecule has 2 aliphatic rings. The summed E-state index contributed by atoms with van der Waals surface area (Å²) in [6.07, 6.45) is 28.0. The van der Waals surface area contributed by atoms with Gasteiger partial charge in [0, 0.05) is 0 Å². The van der Waals surface area contributed by atoms with E-state index in [1.54, 1.807) is 0 Å². The van der Waals surface area contributed by atoms with Crippen LogP contribution in [0.2, 0.25) is 0 Å². The van der Waals surface area contributed by atoms with Crippen LogP contribution in [0.1, 0.15) is 51.4 Å². The number of rotatable bonds is 0. The number of allylic oxidation sites excluding steroid dienone is 8. The monoisotopic (exact) mass is 409 g/mol. The molecule has 0 aromatic rings. The van der Waals surface area contributed by atoms with Gasteiger partial charge in [-0.25, -0.2) is 0 Å². The largest absolute Gasteiger partial charge is 3.00 e. The van der Waals surface area contributed by atoms with Crippen molar-refractivity contribution in [1.82, 2.24) is 0 Å². The molecule has 0 bridgehead atoms. The first-order chi connectivity index (χ1) is 8.00. The topological polar surface area (TPSA) is 0 Å². The van der Waals surface area contributed by atoms with Crippen molar-refractivity contribution in [1.29, 1.82) is 0 Å². The van der Waals surface area contributed by atoms with Crippen LogP contribution in [-0.4, -0.2) is 0 Å². The molecule has 0 N–H and O–H groups in total. The summed E-state index contributed by atoms with van der Waals surface area (Å²) >= 11 is 0. The molecule has 1 heteroatoms. The van der Waals surface area contributed by atoms with Crippen molar-refractivity contribution < 1.29 is 20.1 Å². The molecule has 0 aliphatic heterocycles. The summed E-state index contributed by atoms with van der Waals surface area (Å²) < 4.78 is 0. The maximum absolute atomic E-state index is 2.27. The predicted molar refractivity (Wildman–Crippen MR) is 73.5 cm³/mol. The van der Waals surface area contributed by atoms with Crippen LogP contribution in [0.25, 0.3) is 0 Å². The van der Waals surface area contributed by atoms with Gasteiger partial charge in [-0.3, -0.25) is 0 Å². The molecular formula is C16H24Ir+3. The van der Waals surface area contributed by atoms with Crippen LogP contribution in [0.4, 0.5) is 0 Å². The molecule has 0 spiro atoms. The van der Waals surface area contributed by atoms with Crippen molar-refractivity contribution in [3.8, 4) is 0 Å². The summed E-state index contributed by atoms with van der Waals surface area (Å²) in [5.74, 6) is 0. The van der Waals surface area contributed by atoms with Crippen LogP contribution in [0.3, 0.4) is 0 Å². The van der Waals surface area contributed by atoms with Gasteiger partial charge in [0.05, 0.1) is 0 Å². The van der Waals surface area contributed by atoms with E-state index in [0.29, 0.717) is 0 Å². The van der Waals surface area contributed by atoms with Gasteiger partial charge in [0.15, 0.2) is 0 Å². The van der Waals surface area contributed by atoms with Crippen molar-refractivity contribution in [3.63, 3.8) is 0 Å². The zero-order chi connectivity index (χ0) is 11.3. The van der Waals surface area contributed by atoms with Gasteiger partial charge < -0.3 is 0 Å². The van der Waals surface area contributed by atoms with Crippen molar-refractivity contribution in [2.75, 3.05) is 0 Å². The minimum atomic E-state index is 0. The van der Waals surface area contributed by atoms with E-state index in [1.165, 1.54) is 51.4 Å². The summed E-state index contributed by atoms with van der Waals surface area (Å²) in [5.41, 5.74) is 0. The molecule has 2 rings (SSSR count). The Kier molecular flexibility index (Phi) is 13.4. The summed E-state index contributed by atoms with van der Waals surface area (Å²) in [6, 6.07) is 0. The van der Waals surface area contributed by atoms with E-state index < -0.39 is 0 Å². The van der Waals surface area contributed by atoms with Gasteiger partial charge in [0.1, 0.15) is 0 Å².